The van der Waals surface area contributed by atoms with E-state index < -0.39 is 23.4 Å². The molecule has 0 bridgehead atoms. The third-order valence-electron chi connectivity index (χ3n) is 2.16. The fourth-order valence-electron chi connectivity index (χ4n) is 1.37. The van der Waals surface area contributed by atoms with Crippen LogP contribution in [-0.4, -0.2) is 28.2 Å². The molecule has 0 spiro atoms. The monoisotopic (exact) mass is 241 g/mol. The minimum absolute atomic E-state index is 0.0433. The first kappa shape index (κ1) is 12.9. The summed E-state index contributed by atoms with van der Waals surface area (Å²) in [5.41, 5.74) is -0.406. The average Bonchev–Trinajstić information content (AvgIpc) is 2.27. The normalized spacial score (nSPS) is 11.9. The Morgan fingerprint density at radius 2 is 2.24 bits per heavy atom. The number of nitro benzene ring substituents is 1. The van der Waals surface area contributed by atoms with Crippen molar-refractivity contribution in [2.24, 2.45) is 0 Å². The maximum atomic E-state index is 10.8. The van der Waals surface area contributed by atoms with E-state index in [1.54, 1.807) is 0 Å². The molecule has 0 aliphatic heterocycles. The lowest BCUT2D eigenvalue weighted by atomic mass is 10.0. The molecular formula is C10H11NO6. The van der Waals surface area contributed by atoms with Crippen LogP contribution in [0.5, 0.6) is 5.75 Å². The molecule has 7 nitrogen and oxygen atoms in total. The van der Waals surface area contributed by atoms with Gasteiger partial charge in [0.2, 0.25) is 0 Å². The summed E-state index contributed by atoms with van der Waals surface area (Å²) in [7, 11) is 1.35. The standard InChI is InChI=1S/C10H11NO6/c1-17-6-2-3-7(8(4-6)11(15)16)9(12)5-10(13)14/h2-4,9,12H,5H2,1H3,(H,13,14)/t9-/m0/s1. The van der Waals surface area contributed by atoms with Crippen LogP contribution in [0.15, 0.2) is 18.2 Å². The Kier molecular flexibility index (Phi) is 4.00. The number of aliphatic carboxylic acids is 1. The number of carboxylic acids is 1. The second-order valence-corrected chi connectivity index (χ2v) is 3.30. The van der Waals surface area contributed by atoms with E-state index >= 15 is 0 Å². The van der Waals surface area contributed by atoms with E-state index in [9.17, 15) is 20.0 Å². The summed E-state index contributed by atoms with van der Waals surface area (Å²) in [5.74, 6) is -0.967. The highest BCUT2D eigenvalue weighted by Gasteiger charge is 2.23. The van der Waals surface area contributed by atoms with Crippen LogP contribution < -0.4 is 4.74 Å². The Balaban J connectivity index is 3.14. The molecule has 0 saturated carbocycles. The molecule has 2 N–H and O–H groups in total. The number of hydrogen-bond donors (Lipinski definition) is 2. The molecule has 1 aromatic carbocycles. The fraction of sp³-hybridized carbons (Fsp3) is 0.300. The van der Waals surface area contributed by atoms with Crippen molar-refractivity contribution in [1.29, 1.82) is 0 Å². The first-order valence-corrected chi connectivity index (χ1v) is 4.68. The highest BCUT2D eigenvalue weighted by Crippen LogP contribution is 2.30. The molecule has 0 aliphatic rings. The lowest BCUT2D eigenvalue weighted by Crippen LogP contribution is -2.08. The summed E-state index contributed by atoms with van der Waals surface area (Å²) in [6, 6.07) is 3.85. The fourth-order valence-corrected chi connectivity index (χ4v) is 1.37. The number of nitrogens with zero attached hydrogens (tertiary/aromatic N) is 1. The third-order valence-corrected chi connectivity index (χ3v) is 2.16. The zero-order valence-electron chi connectivity index (χ0n) is 8.99. The number of nitro groups is 1. The number of methoxy groups -OCH3 is 1. The van der Waals surface area contributed by atoms with Gasteiger partial charge in [0.25, 0.3) is 5.69 Å². The molecule has 1 rings (SSSR count). The van der Waals surface area contributed by atoms with Crippen molar-refractivity contribution in [3.63, 3.8) is 0 Å². The highest BCUT2D eigenvalue weighted by atomic mass is 16.6. The van der Waals surface area contributed by atoms with Crippen LogP contribution in [0.3, 0.4) is 0 Å². The minimum Gasteiger partial charge on any atom is -0.497 e. The summed E-state index contributed by atoms with van der Waals surface area (Å²) < 4.78 is 4.82. The van der Waals surface area contributed by atoms with Crippen molar-refractivity contribution in [2.45, 2.75) is 12.5 Å². The number of aliphatic hydroxyl groups excluding tert-OH is 1. The van der Waals surface area contributed by atoms with Gasteiger partial charge < -0.3 is 14.9 Å². The van der Waals surface area contributed by atoms with Gasteiger partial charge in [-0.15, -0.1) is 0 Å². The Morgan fingerprint density at radius 3 is 2.71 bits per heavy atom. The van der Waals surface area contributed by atoms with Crippen LogP contribution in [0.2, 0.25) is 0 Å². The van der Waals surface area contributed by atoms with Crippen LogP contribution in [0.1, 0.15) is 18.1 Å². The summed E-state index contributed by atoms with van der Waals surface area (Å²) in [5, 5.41) is 28.9. The number of benzene rings is 1. The van der Waals surface area contributed by atoms with Gasteiger partial charge in [0.05, 0.1) is 36.2 Å². The van der Waals surface area contributed by atoms with Crippen molar-refractivity contribution in [2.75, 3.05) is 7.11 Å². The Labute approximate surface area is 96.4 Å². The summed E-state index contributed by atoms with van der Waals surface area (Å²) in [4.78, 5) is 20.5. The van der Waals surface area contributed by atoms with Gasteiger partial charge in [0.15, 0.2) is 0 Å². The van der Waals surface area contributed by atoms with Gasteiger partial charge in [0.1, 0.15) is 5.75 Å². The van der Waals surface area contributed by atoms with Gasteiger partial charge in [-0.05, 0) is 12.1 Å². The van der Waals surface area contributed by atoms with Crippen LogP contribution in [-0.2, 0) is 4.79 Å². The second kappa shape index (κ2) is 5.26. The quantitative estimate of drug-likeness (QED) is 0.590. The van der Waals surface area contributed by atoms with E-state index in [0.717, 1.165) is 6.07 Å². The zero-order valence-corrected chi connectivity index (χ0v) is 8.99. The molecule has 1 atom stereocenters. The molecule has 7 heteroatoms. The van der Waals surface area contributed by atoms with Crippen LogP contribution in [0, 0.1) is 10.1 Å². The Hall–Kier alpha value is -2.15. The number of aliphatic hydroxyl groups is 1. The maximum absolute atomic E-state index is 10.8. The van der Waals surface area contributed by atoms with Crippen molar-refractivity contribution in [3.8, 4) is 5.75 Å². The average molecular weight is 241 g/mol. The molecule has 0 amide bonds. The highest BCUT2D eigenvalue weighted by molar-refractivity contribution is 5.68. The first-order valence-electron chi connectivity index (χ1n) is 4.68. The topological polar surface area (TPSA) is 110 Å². The summed E-state index contributed by atoms with van der Waals surface area (Å²) in [6.45, 7) is 0. The molecule has 0 radical (unpaired) electrons. The molecule has 0 aliphatic carbocycles. The van der Waals surface area contributed by atoms with E-state index in [-0.39, 0.29) is 17.0 Å². The number of carboxylic acid groups (broad SMARTS) is 1. The Morgan fingerprint density at radius 1 is 1.59 bits per heavy atom. The first-order chi connectivity index (χ1) is 7.95. The SMILES string of the molecule is COc1ccc([C@@H](O)CC(=O)O)c([N+](=O)[O-])c1. The number of hydrogen-bond acceptors (Lipinski definition) is 5. The van der Waals surface area contributed by atoms with Gasteiger partial charge in [0, 0.05) is 0 Å². The van der Waals surface area contributed by atoms with E-state index in [1.807, 2.05) is 0 Å². The molecule has 0 fully saturated rings. The molecular weight excluding hydrogens is 230 g/mol. The minimum atomic E-state index is -1.42. The van der Waals surface area contributed by atoms with Crippen molar-refractivity contribution < 1.29 is 24.7 Å². The van der Waals surface area contributed by atoms with Gasteiger partial charge in [-0.3, -0.25) is 14.9 Å². The van der Waals surface area contributed by atoms with Gasteiger partial charge in [-0.2, -0.15) is 0 Å². The third kappa shape index (κ3) is 3.15. The number of carbonyl (C=O) groups is 1. The molecule has 0 heterocycles. The molecule has 17 heavy (non-hydrogen) atoms. The summed E-state index contributed by atoms with van der Waals surface area (Å²) >= 11 is 0. The van der Waals surface area contributed by atoms with Crippen molar-refractivity contribution >= 4 is 11.7 Å². The predicted molar refractivity (Wildman–Crippen MR) is 56.9 cm³/mol. The predicted octanol–water partition coefficient (Wildman–Crippen LogP) is 1.11. The van der Waals surface area contributed by atoms with Crippen LogP contribution in [0.25, 0.3) is 0 Å². The summed E-state index contributed by atoms with van der Waals surface area (Å²) in [6.07, 6.45) is -2.01. The van der Waals surface area contributed by atoms with Crippen molar-refractivity contribution in [1.82, 2.24) is 0 Å². The largest absolute Gasteiger partial charge is 0.497 e. The molecule has 0 aromatic heterocycles. The molecule has 1 aromatic rings. The second-order valence-electron chi connectivity index (χ2n) is 3.30. The van der Waals surface area contributed by atoms with E-state index in [1.165, 1.54) is 19.2 Å². The molecule has 92 valence electrons. The lowest BCUT2D eigenvalue weighted by molar-refractivity contribution is -0.386. The molecule has 0 unspecified atom stereocenters. The smallest absolute Gasteiger partial charge is 0.306 e. The maximum Gasteiger partial charge on any atom is 0.306 e. The van der Waals surface area contributed by atoms with Crippen LogP contribution in [0.4, 0.5) is 5.69 Å². The zero-order chi connectivity index (χ0) is 13.0. The van der Waals surface area contributed by atoms with Gasteiger partial charge in [-0.25, -0.2) is 0 Å². The van der Waals surface area contributed by atoms with Gasteiger partial charge in [-0.1, -0.05) is 0 Å². The van der Waals surface area contributed by atoms with E-state index in [4.69, 9.17) is 9.84 Å². The van der Waals surface area contributed by atoms with E-state index in [0.29, 0.717) is 0 Å². The lowest BCUT2D eigenvalue weighted by Gasteiger charge is -2.09. The van der Waals surface area contributed by atoms with Crippen molar-refractivity contribution in [3.05, 3.63) is 33.9 Å². The molecule has 0 saturated heterocycles. The van der Waals surface area contributed by atoms with E-state index in [2.05, 4.69) is 0 Å². The van der Waals surface area contributed by atoms with Gasteiger partial charge >= 0.3 is 5.97 Å². The Bertz CT molecular complexity index is 444. The number of rotatable bonds is 5. The number of ether oxygens (including phenoxy) is 1. The van der Waals surface area contributed by atoms with Crippen LogP contribution >= 0.6 is 0 Å².